The van der Waals surface area contributed by atoms with Crippen LogP contribution in [0.2, 0.25) is 15.1 Å². The third kappa shape index (κ3) is 4.21. The van der Waals surface area contributed by atoms with Crippen molar-refractivity contribution in [3.8, 4) is 0 Å². The highest BCUT2D eigenvalue weighted by atomic mass is 35.5. The van der Waals surface area contributed by atoms with E-state index in [1.807, 2.05) is 0 Å². The fourth-order valence-electron chi connectivity index (χ4n) is 2.38. The normalized spacial score (nSPS) is 10.6. The number of nitro groups is 1. The zero-order valence-corrected chi connectivity index (χ0v) is 15.8. The molecule has 0 atom stereocenters. The van der Waals surface area contributed by atoms with Crippen molar-refractivity contribution >= 4 is 52.2 Å². The Kier molecular flexibility index (Phi) is 5.65. The first-order valence-corrected chi connectivity index (χ1v) is 8.70. The number of amides is 1. The first-order valence-electron chi connectivity index (χ1n) is 7.57. The lowest BCUT2D eigenvalue weighted by Gasteiger charge is -2.11. The van der Waals surface area contributed by atoms with Gasteiger partial charge in [-0.05, 0) is 24.3 Å². The van der Waals surface area contributed by atoms with Crippen molar-refractivity contribution in [2.45, 2.75) is 6.54 Å². The molecule has 1 amide bonds. The van der Waals surface area contributed by atoms with E-state index in [1.54, 1.807) is 24.3 Å². The van der Waals surface area contributed by atoms with E-state index in [2.05, 4.69) is 10.4 Å². The van der Waals surface area contributed by atoms with Gasteiger partial charge in [-0.25, -0.2) is 4.68 Å². The van der Waals surface area contributed by atoms with Gasteiger partial charge in [-0.3, -0.25) is 14.9 Å². The number of carbonyl (C=O) groups excluding carboxylic acids is 1. The topological polar surface area (TPSA) is 90.1 Å². The van der Waals surface area contributed by atoms with Gasteiger partial charge in [0.2, 0.25) is 0 Å². The zero-order valence-electron chi connectivity index (χ0n) is 13.5. The minimum atomic E-state index is -0.650. The maximum atomic E-state index is 12.5. The molecule has 1 heterocycles. The van der Waals surface area contributed by atoms with Gasteiger partial charge in [0, 0.05) is 33.3 Å². The van der Waals surface area contributed by atoms with Crippen LogP contribution in [-0.2, 0) is 6.54 Å². The smallest absolute Gasteiger partial charge is 0.288 e. The Bertz CT molecular complexity index is 1020. The van der Waals surface area contributed by atoms with E-state index >= 15 is 0 Å². The van der Waals surface area contributed by atoms with Crippen LogP contribution in [0.3, 0.4) is 0 Å². The molecule has 0 radical (unpaired) electrons. The summed E-state index contributed by atoms with van der Waals surface area (Å²) in [6, 6.07) is 10.5. The molecule has 0 unspecified atom stereocenters. The summed E-state index contributed by atoms with van der Waals surface area (Å²) in [6.45, 7) is 0.238. The van der Waals surface area contributed by atoms with E-state index in [9.17, 15) is 14.9 Å². The van der Waals surface area contributed by atoms with Gasteiger partial charge >= 0.3 is 0 Å². The summed E-state index contributed by atoms with van der Waals surface area (Å²) in [4.78, 5) is 22.8. The van der Waals surface area contributed by atoms with Crippen LogP contribution in [-0.4, -0.2) is 20.6 Å². The van der Waals surface area contributed by atoms with E-state index in [1.165, 1.54) is 23.0 Å². The summed E-state index contributed by atoms with van der Waals surface area (Å²) >= 11 is 18.1. The lowest BCUT2D eigenvalue weighted by Crippen LogP contribution is -2.16. The second kappa shape index (κ2) is 7.96. The minimum Gasteiger partial charge on any atom is -0.307 e. The molecule has 27 heavy (non-hydrogen) atoms. The van der Waals surface area contributed by atoms with Crippen molar-refractivity contribution < 1.29 is 9.72 Å². The van der Waals surface area contributed by atoms with E-state index in [-0.39, 0.29) is 22.8 Å². The van der Waals surface area contributed by atoms with E-state index < -0.39 is 10.8 Å². The molecule has 2 aromatic carbocycles. The maximum absolute atomic E-state index is 12.5. The first-order chi connectivity index (χ1) is 12.9. The van der Waals surface area contributed by atoms with Crippen LogP contribution in [0, 0.1) is 10.1 Å². The first kappa shape index (κ1) is 19.2. The lowest BCUT2D eigenvalue weighted by molar-refractivity contribution is -0.384. The number of nitrogens with zero attached hydrogens (tertiary/aromatic N) is 3. The van der Waals surface area contributed by atoms with Gasteiger partial charge in [0.05, 0.1) is 17.7 Å². The van der Waals surface area contributed by atoms with Gasteiger partial charge in [-0.2, -0.15) is 5.10 Å². The molecule has 0 fully saturated rings. The van der Waals surface area contributed by atoms with Gasteiger partial charge in [0.15, 0.2) is 0 Å². The molecule has 0 aliphatic carbocycles. The molecule has 138 valence electrons. The predicted molar refractivity (Wildman–Crippen MR) is 104 cm³/mol. The lowest BCUT2D eigenvalue weighted by atomic mass is 10.2. The molecule has 10 heteroatoms. The molecular weight excluding hydrogens is 415 g/mol. The molecule has 7 nitrogen and oxygen atoms in total. The number of anilines is 1. The SMILES string of the molecule is O=C(Nc1ccnn1Cc1c(Cl)cccc1Cl)c1ccc(Cl)c([N+](=O)[O-])c1. The number of nitro benzene ring substituents is 1. The number of hydrogen-bond donors (Lipinski definition) is 1. The average Bonchev–Trinajstić information content (AvgIpc) is 3.05. The molecule has 0 saturated heterocycles. The summed E-state index contributed by atoms with van der Waals surface area (Å²) in [5, 5.41) is 18.7. The highest BCUT2D eigenvalue weighted by molar-refractivity contribution is 6.36. The molecule has 3 rings (SSSR count). The van der Waals surface area contributed by atoms with Crippen molar-refractivity contribution in [1.29, 1.82) is 0 Å². The van der Waals surface area contributed by atoms with Crippen LogP contribution in [0.25, 0.3) is 0 Å². The second-order valence-electron chi connectivity index (χ2n) is 5.45. The van der Waals surface area contributed by atoms with Gasteiger partial charge in [0.1, 0.15) is 10.8 Å². The number of benzene rings is 2. The molecule has 1 aromatic heterocycles. The Balaban J connectivity index is 1.84. The van der Waals surface area contributed by atoms with Gasteiger partial charge in [-0.15, -0.1) is 0 Å². The molecule has 0 spiro atoms. The number of halogens is 3. The van der Waals surface area contributed by atoms with E-state index in [0.717, 1.165) is 6.07 Å². The summed E-state index contributed by atoms with van der Waals surface area (Å²) in [7, 11) is 0. The van der Waals surface area contributed by atoms with Crippen LogP contribution >= 0.6 is 34.8 Å². The van der Waals surface area contributed by atoms with Crippen LogP contribution in [0.5, 0.6) is 0 Å². The Morgan fingerprint density at radius 3 is 2.48 bits per heavy atom. The predicted octanol–water partition coefficient (Wildman–Crippen LogP) is 5.05. The van der Waals surface area contributed by atoms with Crippen LogP contribution in [0.15, 0.2) is 48.7 Å². The summed E-state index contributed by atoms with van der Waals surface area (Å²) in [6.07, 6.45) is 1.50. The van der Waals surface area contributed by atoms with Gasteiger partial charge in [0.25, 0.3) is 11.6 Å². The van der Waals surface area contributed by atoms with Crippen molar-refractivity contribution in [2.75, 3.05) is 5.32 Å². The third-order valence-electron chi connectivity index (χ3n) is 3.73. The number of rotatable bonds is 5. The summed E-state index contributed by atoms with van der Waals surface area (Å²) < 4.78 is 1.51. The Labute approximate surface area is 168 Å². The zero-order chi connectivity index (χ0) is 19.6. The number of carbonyl (C=O) groups is 1. The van der Waals surface area contributed by atoms with Gasteiger partial charge in [-0.1, -0.05) is 40.9 Å². The largest absolute Gasteiger partial charge is 0.307 e. The number of aromatic nitrogens is 2. The van der Waals surface area contributed by atoms with Crippen molar-refractivity contribution in [2.24, 2.45) is 0 Å². The van der Waals surface area contributed by atoms with Crippen molar-refractivity contribution in [3.05, 3.63) is 85.0 Å². The summed E-state index contributed by atoms with van der Waals surface area (Å²) in [5.74, 6) is -0.157. The van der Waals surface area contributed by atoms with Gasteiger partial charge < -0.3 is 5.32 Å². The second-order valence-corrected chi connectivity index (χ2v) is 6.67. The fourth-order valence-corrected chi connectivity index (χ4v) is 3.08. The monoisotopic (exact) mass is 424 g/mol. The summed E-state index contributed by atoms with van der Waals surface area (Å²) in [5.41, 5.74) is 0.400. The van der Waals surface area contributed by atoms with Crippen molar-refractivity contribution in [1.82, 2.24) is 9.78 Å². The van der Waals surface area contributed by atoms with Crippen LogP contribution in [0.1, 0.15) is 15.9 Å². The fraction of sp³-hybridized carbons (Fsp3) is 0.0588. The van der Waals surface area contributed by atoms with Crippen LogP contribution < -0.4 is 5.32 Å². The standard InChI is InChI=1S/C17H11Cl3N4O3/c18-12-2-1-3-13(19)11(12)9-23-16(6-7-21-23)22-17(25)10-4-5-14(20)15(8-10)24(26)27/h1-8H,9H2,(H,22,25). The highest BCUT2D eigenvalue weighted by Crippen LogP contribution is 2.27. The Hall–Kier alpha value is -2.61. The highest BCUT2D eigenvalue weighted by Gasteiger charge is 2.18. The van der Waals surface area contributed by atoms with E-state index in [4.69, 9.17) is 34.8 Å². The molecule has 0 aliphatic heterocycles. The minimum absolute atomic E-state index is 0.0463. The number of hydrogen-bond acceptors (Lipinski definition) is 4. The maximum Gasteiger partial charge on any atom is 0.288 e. The van der Waals surface area contributed by atoms with E-state index in [0.29, 0.717) is 21.4 Å². The molecule has 1 N–H and O–H groups in total. The van der Waals surface area contributed by atoms with Crippen LogP contribution in [0.4, 0.5) is 11.5 Å². The van der Waals surface area contributed by atoms with Crippen molar-refractivity contribution in [3.63, 3.8) is 0 Å². The molecule has 0 saturated carbocycles. The molecule has 0 aliphatic rings. The third-order valence-corrected chi connectivity index (χ3v) is 4.76. The Morgan fingerprint density at radius 1 is 1.11 bits per heavy atom. The average molecular weight is 426 g/mol. The molecular formula is C17H11Cl3N4O3. The Morgan fingerprint density at radius 2 is 1.81 bits per heavy atom. The molecule has 0 bridgehead atoms. The quantitative estimate of drug-likeness (QED) is 0.457. The number of nitrogens with one attached hydrogen (secondary N) is 1. The molecule has 3 aromatic rings.